The summed E-state index contributed by atoms with van der Waals surface area (Å²) in [5, 5.41) is 6.73. The number of halogens is 1. The lowest BCUT2D eigenvalue weighted by Gasteiger charge is -2.27. The first kappa shape index (κ1) is 89.2. The minimum absolute atomic E-state index is 0.0167. The average Bonchev–Trinajstić information content (AvgIpc) is 1.44. The third-order valence-corrected chi connectivity index (χ3v) is 20.7. The Morgan fingerprint density at radius 3 is 1.08 bits per heavy atom. The van der Waals surface area contributed by atoms with Gasteiger partial charge < -0.3 is 63.2 Å². The van der Waals surface area contributed by atoms with E-state index in [9.17, 15) is 28.8 Å². The summed E-state index contributed by atoms with van der Waals surface area (Å²) in [5.41, 5.74) is 19.4. The van der Waals surface area contributed by atoms with E-state index >= 15 is 0 Å². The molecule has 0 aromatic heterocycles. The van der Waals surface area contributed by atoms with Gasteiger partial charge in [0.25, 0.3) is 0 Å². The SMILES string of the molecule is CCC(=O)Cl.CCC(=O)N(CCC(c1ccc2c(c1)OCO2)c1ccccc1OC)Cc1ccc(C(=O)c2ccccc2)cc1.CO.COc1ccccc1C(CC=O)c1ccc2c(c1)OCO2.COc1ccccc1C(CCCCc1ccc(C(=O)c2ccccc2)cc1)c1ccc2c(c1)OCO2.NCc1ccc(C(=O)c2ccccc2)cc1. The Morgan fingerprint density at radius 1 is 0.400 bits per heavy atom. The van der Waals surface area contributed by atoms with Crippen molar-refractivity contribution in [2.45, 2.75) is 96.1 Å². The number of nitrogens with two attached hydrogens (primary N) is 1. The molecule has 0 aliphatic carbocycles. The van der Waals surface area contributed by atoms with Gasteiger partial charge in [0.05, 0.1) is 21.3 Å². The number of nitrogens with zero attached hydrogens (tertiary/aromatic N) is 1. The van der Waals surface area contributed by atoms with Gasteiger partial charge in [-0.05, 0) is 125 Å². The van der Waals surface area contributed by atoms with Gasteiger partial charge in [0.15, 0.2) is 51.8 Å². The maximum absolute atomic E-state index is 13.0. The maximum Gasteiger partial charge on any atom is 0.231 e. The van der Waals surface area contributed by atoms with Crippen LogP contribution in [0.5, 0.6) is 51.7 Å². The van der Waals surface area contributed by atoms with Gasteiger partial charge in [-0.15, -0.1) is 0 Å². The standard InChI is InChI=1S/C34H33NO5.C32H30O4.C17H16O4.C14H13NO.C3H5ClO.CH4O/c1-3-33(36)35(22-24-13-15-26(16-14-24)34(37)25-9-5-4-6-10-25)20-19-28(29-11-7-8-12-30(29)38-2)27-17-18-31-32(21-27)40-23-39-31;1-34-29-14-8-7-13-28(29)27(26-19-20-30-31(21-26)36-22-35-30)12-6-5-9-23-15-17-25(18-16-23)32(33)24-10-3-2-4-11-24;1-19-15-5-3-2-4-14(15)13(8-9-18)12-6-7-16-17(10-12)21-11-20-16;15-10-11-6-8-13(9-7-11)14(16)12-4-2-1-3-5-12;1-2-3(4)5;1-2/h4-18,21,28H,3,19-20,22-23H2,1-2H3;2-4,7-8,10-11,13-21,27H,5-6,9,12,22H2,1H3;2-7,9-10,13H,8,11H2,1H3;1-9H,10,15H2;2H2,1H3;2H,1H3. The fourth-order valence-corrected chi connectivity index (χ4v) is 14.1. The van der Waals surface area contributed by atoms with Crippen LogP contribution in [0.2, 0.25) is 0 Å². The summed E-state index contributed by atoms with van der Waals surface area (Å²) >= 11 is 4.82. The number of fused-ring (bicyclic) bond motifs is 3. The van der Waals surface area contributed by atoms with E-state index in [-0.39, 0.29) is 66.6 Å². The molecule has 3 atom stereocenters. The highest BCUT2D eigenvalue weighted by Gasteiger charge is 2.27. The van der Waals surface area contributed by atoms with Gasteiger partial charge in [0.1, 0.15) is 23.5 Å². The second-order valence-electron chi connectivity index (χ2n) is 27.9. The van der Waals surface area contributed by atoms with Crippen LogP contribution in [0.15, 0.2) is 291 Å². The maximum atomic E-state index is 13.0. The van der Waals surface area contributed by atoms with E-state index in [1.54, 1.807) is 28.3 Å². The Hall–Kier alpha value is -13.1. The van der Waals surface area contributed by atoms with Gasteiger partial charge in [0.2, 0.25) is 31.5 Å². The number of hydrogen-bond donors (Lipinski definition) is 2. The van der Waals surface area contributed by atoms with Crippen molar-refractivity contribution in [3.05, 3.63) is 375 Å². The number of carbonyl (C=O) groups is 6. The van der Waals surface area contributed by atoms with Crippen LogP contribution in [0.25, 0.3) is 0 Å². The topological polar surface area (TPSA) is 235 Å². The first-order valence-corrected chi connectivity index (χ1v) is 40.3. The van der Waals surface area contributed by atoms with Crippen molar-refractivity contribution in [2.24, 2.45) is 5.73 Å². The smallest absolute Gasteiger partial charge is 0.231 e. The number of aliphatic hydroxyl groups is 1. The number of methoxy groups -OCH3 is 3. The number of ether oxygens (including phenoxy) is 9. The highest BCUT2D eigenvalue weighted by Crippen LogP contribution is 2.44. The molecule has 19 heteroatoms. The normalized spacial score (nSPS) is 12.1. The molecule has 0 saturated carbocycles. The number of amides is 1. The monoisotopic (exact) mass is 1630 g/mol. The van der Waals surface area contributed by atoms with Crippen LogP contribution in [0.3, 0.4) is 0 Å². The Balaban J connectivity index is 0.000000172. The van der Waals surface area contributed by atoms with Crippen molar-refractivity contribution in [3.8, 4) is 51.7 Å². The number of unbranched alkanes of at least 4 members (excludes halogenated alkanes) is 1. The van der Waals surface area contributed by atoms with Gasteiger partial charge in [-0.2, -0.15) is 0 Å². The zero-order valence-electron chi connectivity index (χ0n) is 68.4. The number of carbonyl (C=O) groups excluding carboxylic acids is 6. The molecule has 120 heavy (non-hydrogen) atoms. The van der Waals surface area contributed by atoms with Crippen molar-refractivity contribution in [3.63, 3.8) is 0 Å². The lowest BCUT2D eigenvalue weighted by molar-refractivity contribution is -0.131. The zero-order valence-corrected chi connectivity index (χ0v) is 69.2. The van der Waals surface area contributed by atoms with E-state index in [2.05, 4.69) is 48.5 Å². The van der Waals surface area contributed by atoms with Crippen LogP contribution in [0, 0.1) is 0 Å². The number of rotatable bonds is 30. The van der Waals surface area contributed by atoms with E-state index < -0.39 is 0 Å². The van der Waals surface area contributed by atoms with Gasteiger partial charge in [0, 0.05) is 114 Å². The molecule has 0 radical (unpaired) electrons. The molecular formula is C101H101ClN2O16. The van der Waals surface area contributed by atoms with Gasteiger partial charge in [-0.3, -0.25) is 24.0 Å². The van der Waals surface area contributed by atoms with Crippen molar-refractivity contribution in [1.29, 1.82) is 0 Å². The van der Waals surface area contributed by atoms with Gasteiger partial charge in [-0.1, -0.05) is 257 Å². The molecule has 1 amide bonds. The fraction of sp³-hybridized carbons (Fsp3) is 0.228. The number of ketones is 3. The summed E-state index contributed by atoms with van der Waals surface area (Å²) < 4.78 is 49.9. The first-order chi connectivity index (χ1) is 58.7. The quantitative estimate of drug-likeness (QED) is 0.0184. The number of aryl methyl sites for hydroxylation is 1. The molecule has 3 unspecified atom stereocenters. The van der Waals surface area contributed by atoms with Crippen molar-refractivity contribution in [1.82, 2.24) is 4.90 Å². The minimum Gasteiger partial charge on any atom is -0.496 e. The summed E-state index contributed by atoms with van der Waals surface area (Å²) in [6.45, 7) is 5.84. The molecule has 15 rings (SSSR count). The highest BCUT2D eigenvalue weighted by molar-refractivity contribution is 6.63. The number of aliphatic hydroxyl groups excluding tert-OH is 1. The second kappa shape index (κ2) is 46.7. The minimum atomic E-state index is -0.273. The molecule has 618 valence electrons. The Kier molecular flexibility index (Phi) is 34.7. The van der Waals surface area contributed by atoms with E-state index in [1.165, 1.54) is 16.7 Å². The molecule has 0 fully saturated rings. The molecule has 3 aliphatic rings. The Bertz CT molecular complexity index is 5280. The molecule has 12 aromatic carbocycles. The molecule has 3 N–H and O–H groups in total. The Morgan fingerprint density at radius 2 is 0.725 bits per heavy atom. The summed E-state index contributed by atoms with van der Waals surface area (Å²) in [6, 6.07) is 92.9. The second-order valence-corrected chi connectivity index (χ2v) is 28.3. The molecule has 0 spiro atoms. The average molecular weight is 1630 g/mol. The summed E-state index contributed by atoms with van der Waals surface area (Å²) in [7, 11) is 6.03. The van der Waals surface area contributed by atoms with E-state index in [4.69, 9.17) is 65.1 Å². The zero-order chi connectivity index (χ0) is 85.0. The van der Waals surface area contributed by atoms with Crippen molar-refractivity contribution < 1.29 is 76.5 Å². The number of hydrogen-bond acceptors (Lipinski definition) is 17. The van der Waals surface area contributed by atoms with Crippen molar-refractivity contribution in [2.75, 3.05) is 55.4 Å². The molecule has 0 saturated heterocycles. The lowest BCUT2D eigenvalue weighted by atomic mass is 9.86. The van der Waals surface area contributed by atoms with Crippen LogP contribution in [0.4, 0.5) is 0 Å². The molecular weight excluding hydrogens is 1530 g/mol. The number of para-hydroxylation sites is 3. The predicted molar refractivity (Wildman–Crippen MR) is 467 cm³/mol. The van der Waals surface area contributed by atoms with Crippen LogP contribution < -0.4 is 48.4 Å². The third-order valence-electron chi connectivity index (χ3n) is 20.5. The number of benzene rings is 12. The van der Waals surface area contributed by atoms with E-state index in [1.807, 2.05) is 254 Å². The molecule has 0 bridgehead atoms. The van der Waals surface area contributed by atoms with Gasteiger partial charge in [-0.25, -0.2) is 0 Å². The first-order valence-electron chi connectivity index (χ1n) is 39.9. The third kappa shape index (κ3) is 24.7. The molecule has 18 nitrogen and oxygen atoms in total. The van der Waals surface area contributed by atoms with Crippen molar-refractivity contribution >= 4 is 46.4 Å². The lowest BCUT2D eigenvalue weighted by Crippen LogP contribution is -2.31. The number of aldehydes is 1. The molecule has 3 heterocycles. The van der Waals surface area contributed by atoms with Crippen LogP contribution in [-0.2, 0) is 33.9 Å². The van der Waals surface area contributed by atoms with Crippen LogP contribution in [-0.4, -0.2) is 100 Å². The Labute approximate surface area is 707 Å². The summed E-state index contributed by atoms with van der Waals surface area (Å²) in [5.74, 6) is 7.28. The largest absolute Gasteiger partial charge is 0.496 e. The molecule has 3 aliphatic heterocycles. The highest BCUT2D eigenvalue weighted by atomic mass is 35.5. The molecule has 12 aromatic rings. The summed E-state index contributed by atoms with van der Waals surface area (Å²) in [4.78, 5) is 73.1. The van der Waals surface area contributed by atoms with Crippen LogP contribution in [0.1, 0.15) is 174 Å². The van der Waals surface area contributed by atoms with Gasteiger partial charge >= 0.3 is 0 Å². The predicted octanol–water partition coefficient (Wildman–Crippen LogP) is 20.1. The van der Waals surface area contributed by atoms with Crippen LogP contribution >= 0.6 is 11.6 Å². The summed E-state index contributed by atoms with van der Waals surface area (Å²) in [6.07, 6.45) is 6.93. The van der Waals surface area contributed by atoms with E-state index in [0.717, 1.165) is 135 Å². The van der Waals surface area contributed by atoms with E-state index in [0.29, 0.717) is 67.6 Å². The fourth-order valence-electron chi connectivity index (χ4n) is 14.1.